The van der Waals surface area contributed by atoms with Gasteiger partial charge in [-0.3, -0.25) is 4.79 Å². The lowest BCUT2D eigenvalue weighted by Crippen LogP contribution is -2.45. The van der Waals surface area contributed by atoms with E-state index in [1.807, 2.05) is 24.3 Å². The lowest BCUT2D eigenvalue weighted by molar-refractivity contribution is -0.140. The normalized spacial score (nSPS) is 15.6. The number of rotatable bonds is 3. The number of carbonyl (C=O) groups excluding carboxylic acids is 2. The fraction of sp³-hybridized carbons (Fsp3) is 0.556. The molecule has 0 saturated carbocycles. The Morgan fingerprint density at radius 2 is 1.70 bits per heavy atom. The number of esters is 1. The monoisotopic (exact) mass is 318 g/mol. The topological polar surface area (TPSA) is 49.9 Å². The lowest BCUT2D eigenvalue weighted by Gasteiger charge is -2.32. The van der Waals surface area contributed by atoms with Gasteiger partial charge in [-0.15, -0.1) is 0 Å². The molecular weight excluding hydrogens is 292 g/mol. The van der Waals surface area contributed by atoms with Crippen LogP contribution in [0.1, 0.15) is 38.2 Å². The molecule has 0 aliphatic carbocycles. The van der Waals surface area contributed by atoms with E-state index in [1.54, 1.807) is 23.9 Å². The van der Waals surface area contributed by atoms with Gasteiger partial charge in [-0.25, -0.2) is 4.79 Å². The van der Waals surface area contributed by atoms with E-state index in [-0.39, 0.29) is 17.9 Å². The highest BCUT2D eigenvalue weighted by Crippen LogP contribution is 2.23. The minimum Gasteiger partial charge on any atom is -0.426 e. The van der Waals surface area contributed by atoms with Gasteiger partial charge in [-0.1, -0.05) is 26.0 Å². The Balaban J connectivity index is 1.86. The summed E-state index contributed by atoms with van der Waals surface area (Å²) >= 11 is 0. The summed E-state index contributed by atoms with van der Waals surface area (Å²) in [5, 5.41) is 0. The highest BCUT2D eigenvalue weighted by molar-refractivity contribution is 5.77. The van der Waals surface area contributed by atoms with Crippen LogP contribution in [0.3, 0.4) is 0 Å². The van der Waals surface area contributed by atoms with E-state index in [9.17, 15) is 9.59 Å². The van der Waals surface area contributed by atoms with E-state index in [1.165, 1.54) is 5.56 Å². The highest BCUT2D eigenvalue weighted by atomic mass is 16.5. The van der Waals surface area contributed by atoms with Crippen LogP contribution in [-0.4, -0.2) is 49.0 Å². The summed E-state index contributed by atoms with van der Waals surface area (Å²) in [6.07, 6.45) is 1.31. The Hall–Kier alpha value is -2.04. The number of benzene rings is 1. The Kier molecular flexibility index (Phi) is 5.64. The van der Waals surface area contributed by atoms with Gasteiger partial charge in [0, 0.05) is 27.2 Å². The second-order valence-electron chi connectivity index (χ2n) is 6.58. The number of hydrogen-bond acceptors (Lipinski definition) is 3. The molecule has 1 heterocycles. The number of amides is 2. The zero-order valence-corrected chi connectivity index (χ0v) is 14.4. The van der Waals surface area contributed by atoms with Crippen LogP contribution >= 0.6 is 0 Å². The van der Waals surface area contributed by atoms with E-state index < -0.39 is 0 Å². The van der Waals surface area contributed by atoms with Crippen molar-refractivity contribution in [2.75, 3.05) is 27.2 Å². The maximum absolute atomic E-state index is 12.3. The number of ether oxygens (including phenoxy) is 1. The molecule has 1 fully saturated rings. The molecule has 2 rings (SSSR count). The quantitative estimate of drug-likeness (QED) is 0.635. The first-order valence-corrected chi connectivity index (χ1v) is 8.16. The fourth-order valence-electron chi connectivity index (χ4n) is 2.71. The van der Waals surface area contributed by atoms with Crippen molar-refractivity contribution in [3.63, 3.8) is 0 Å². The minimum absolute atomic E-state index is 0.00101. The minimum atomic E-state index is -0.195. The van der Waals surface area contributed by atoms with Crippen molar-refractivity contribution in [2.45, 2.75) is 32.6 Å². The molecule has 1 aromatic carbocycles. The van der Waals surface area contributed by atoms with Gasteiger partial charge in [-0.2, -0.15) is 0 Å². The number of likely N-dealkylation sites (tertiary alicyclic amines) is 1. The van der Waals surface area contributed by atoms with Crippen molar-refractivity contribution in [3.8, 4) is 5.75 Å². The maximum Gasteiger partial charge on any atom is 0.319 e. The molecule has 0 atom stereocenters. The zero-order chi connectivity index (χ0) is 17.0. The Labute approximate surface area is 138 Å². The van der Waals surface area contributed by atoms with Crippen LogP contribution in [0, 0.1) is 5.92 Å². The van der Waals surface area contributed by atoms with Crippen molar-refractivity contribution in [2.24, 2.45) is 5.92 Å². The van der Waals surface area contributed by atoms with Crippen molar-refractivity contribution >= 4 is 12.0 Å². The second-order valence-corrected chi connectivity index (χ2v) is 6.58. The molecule has 23 heavy (non-hydrogen) atoms. The smallest absolute Gasteiger partial charge is 0.319 e. The Bertz CT molecular complexity index is 544. The molecule has 1 saturated heterocycles. The molecule has 0 bridgehead atoms. The largest absolute Gasteiger partial charge is 0.426 e. The molecule has 0 unspecified atom stereocenters. The van der Waals surface area contributed by atoms with E-state index in [0.29, 0.717) is 37.6 Å². The van der Waals surface area contributed by atoms with Crippen molar-refractivity contribution in [1.82, 2.24) is 9.80 Å². The molecule has 5 heteroatoms. The SMILES string of the molecule is CC(C)c1ccc(OC(=O)C2CCN(C(=O)N(C)C)CC2)cc1. The van der Waals surface area contributed by atoms with E-state index in [4.69, 9.17) is 4.74 Å². The van der Waals surface area contributed by atoms with Crippen LogP contribution in [0.4, 0.5) is 4.79 Å². The summed E-state index contributed by atoms with van der Waals surface area (Å²) in [7, 11) is 3.48. The van der Waals surface area contributed by atoms with Crippen molar-refractivity contribution < 1.29 is 14.3 Å². The number of piperidine rings is 1. The summed E-state index contributed by atoms with van der Waals surface area (Å²) < 4.78 is 5.48. The highest BCUT2D eigenvalue weighted by Gasteiger charge is 2.29. The first-order valence-electron chi connectivity index (χ1n) is 8.16. The average Bonchev–Trinajstić information content (AvgIpc) is 2.54. The molecule has 2 amide bonds. The number of hydrogen-bond donors (Lipinski definition) is 0. The zero-order valence-electron chi connectivity index (χ0n) is 14.4. The Morgan fingerprint density at radius 3 is 2.17 bits per heavy atom. The average molecular weight is 318 g/mol. The van der Waals surface area contributed by atoms with Gasteiger partial charge in [0.05, 0.1) is 5.92 Å². The molecular formula is C18H26N2O3. The van der Waals surface area contributed by atoms with Crippen LogP contribution in [0.25, 0.3) is 0 Å². The number of urea groups is 1. The van der Waals surface area contributed by atoms with Crippen LogP contribution in [0.5, 0.6) is 5.75 Å². The summed E-state index contributed by atoms with van der Waals surface area (Å²) in [5.74, 6) is 0.717. The standard InChI is InChI=1S/C18H26N2O3/c1-13(2)14-5-7-16(8-6-14)23-17(21)15-9-11-20(12-10-15)18(22)19(3)4/h5-8,13,15H,9-12H2,1-4H3. The predicted octanol–water partition coefficient (Wildman–Crippen LogP) is 3.11. The second kappa shape index (κ2) is 7.49. The molecule has 0 N–H and O–H groups in total. The summed E-state index contributed by atoms with van der Waals surface area (Å²) in [5.41, 5.74) is 1.22. The van der Waals surface area contributed by atoms with E-state index in [0.717, 1.165) is 0 Å². The molecule has 126 valence electrons. The Morgan fingerprint density at radius 1 is 1.13 bits per heavy atom. The van der Waals surface area contributed by atoms with Gasteiger partial charge in [0.1, 0.15) is 5.75 Å². The molecule has 1 aromatic rings. The first-order chi connectivity index (χ1) is 10.9. The third kappa shape index (κ3) is 4.47. The van der Waals surface area contributed by atoms with Crippen LogP contribution < -0.4 is 4.74 Å². The van der Waals surface area contributed by atoms with E-state index >= 15 is 0 Å². The lowest BCUT2D eigenvalue weighted by atomic mass is 9.97. The maximum atomic E-state index is 12.3. The van der Waals surface area contributed by atoms with Gasteiger partial charge >= 0.3 is 12.0 Å². The fourth-order valence-corrected chi connectivity index (χ4v) is 2.71. The van der Waals surface area contributed by atoms with Gasteiger partial charge in [0.2, 0.25) is 0 Å². The van der Waals surface area contributed by atoms with Crippen molar-refractivity contribution in [1.29, 1.82) is 0 Å². The molecule has 1 aliphatic rings. The molecule has 5 nitrogen and oxygen atoms in total. The molecule has 1 aliphatic heterocycles. The summed E-state index contributed by atoms with van der Waals surface area (Å²) in [6.45, 7) is 5.46. The first kappa shape index (κ1) is 17.3. The van der Waals surface area contributed by atoms with Gasteiger partial charge in [0.25, 0.3) is 0 Å². The van der Waals surface area contributed by atoms with Crippen LogP contribution in [-0.2, 0) is 4.79 Å². The van der Waals surface area contributed by atoms with Crippen molar-refractivity contribution in [3.05, 3.63) is 29.8 Å². The summed E-state index contributed by atoms with van der Waals surface area (Å²) in [4.78, 5) is 27.5. The molecule has 0 aromatic heterocycles. The van der Waals surface area contributed by atoms with Crippen LogP contribution in [0.2, 0.25) is 0 Å². The summed E-state index contributed by atoms with van der Waals surface area (Å²) in [6, 6.07) is 7.67. The third-order valence-electron chi connectivity index (χ3n) is 4.25. The molecule has 0 spiro atoms. The van der Waals surface area contributed by atoms with Gasteiger partial charge in [-0.05, 0) is 36.5 Å². The van der Waals surface area contributed by atoms with Crippen LogP contribution in [0.15, 0.2) is 24.3 Å². The number of carbonyl (C=O) groups is 2. The number of nitrogens with zero attached hydrogens (tertiary/aromatic N) is 2. The van der Waals surface area contributed by atoms with Gasteiger partial charge in [0.15, 0.2) is 0 Å². The predicted molar refractivity (Wildman–Crippen MR) is 89.5 cm³/mol. The molecule has 0 radical (unpaired) electrons. The van der Waals surface area contributed by atoms with E-state index in [2.05, 4.69) is 13.8 Å². The van der Waals surface area contributed by atoms with Gasteiger partial charge < -0.3 is 14.5 Å². The third-order valence-corrected chi connectivity index (χ3v) is 4.25.